The molecule has 1 heterocycles. The van der Waals surface area contributed by atoms with Crippen LogP contribution in [0.1, 0.15) is 17.5 Å². The molecule has 1 aromatic rings. The Bertz CT molecular complexity index is 243. The second kappa shape index (κ2) is 2.42. The minimum atomic E-state index is -1.15. The summed E-state index contributed by atoms with van der Waals surface area (Å²) in [4.78, 5) is 11.4. The van der Waals surface area contributed by atoms with E-state index in [1.54, 1.807) is 6.92 Å². The molecule has 0 saturated carbocycles. The van der Waals surface area contributed by atoms with Crippen molar-refractivity contribution in [2.45, 2.75) is 13.5 Å². The number of aromatic carboxylic acids is 1. The Morgan fingerprint density at radius 1 is 1.80 bits per heavy atom. The van der Waals surface area contributed by atoms with Crippen LogP contribution in [0, 0.1) is 0 Å². The van der Waals surface area contributed by atoms with Crippen molar-refractivity contribution in [3.63, 3.8) is 0 Å². The number of aromatic nitrogens is 4. The third kappa shape index (κ3) is 1.09. The molecule has 0 radical (unpaired) electrons. The molecule has 0 bridgehead atoms. The molecule has 0 amide bonds. The summed E-state index contributed by atoms with van der Waals surface area (Å²) in [5.41, 5.74) is 0. The number of hydrogen-bond acceptors (Lipinski definition) is 4. The van der Waals surface area contributed by atoms with Gasteiger partial charge in [-0.15, -0.1) is 10.2 Å². The molecule has 0 aliphatic heterocycles. The average molecular weight is 142 g/mol. The first kappa shape index (κ1) is 6.66. The van der Waals surface area contributed by atoms with Crippen molar-refractivity contribution in [2.24, 2.45) is 0 Å². The Kier molecular flexibility index (Phi) is 1.61. The molecule has 6 nitrogen and oxygen atoms in total. The highest BCUT2D eigenvalue weighted by Crippen LogP contribution is 1.84. The van der Waals surface area contributed by atoms with Crippen LogP contribution in [-0.4, -0.2) is 31.3 Å². The highest BCUT2D eigenvalue weighted by molar-refractivity contribution is 5.82. The summed E-state index contributed by atoms with van der Waals surface area (Å²) in [6.07, 6.45) is 0. The maximum atomic E-state index is 10.2. The first-order valence-corrected chi connectivity index (χ1v) is 2.75. The van der Waals surface area contributed by atoms with Crippen molar-refractivity contribution in [3.8, 4) is 0 Å². The van der Waals surface area contributed by atoms with Gasteiger partial charge in [0.2, 0.25) is 0 Å². The zero-order valence-electron chi connectivity index (χ0n) is 5.35. The highest BCUT2D eigenvalue weighted by Gasteiger charge is 2.08. The molecular weight excluding hydrogens is 136 g/mol. The van der Waals surface area contributed by atoms with Crippen LogP contribution in [0.3, 0.4) is 0 Å². The monoisotopic (exact) mass is 142 g/mol. The summed E-state index contributed by atoms with van der Waals surface area (Å²) in [5, 5.41) is 18.6. The molecule has 1 rings (SSSR count). The number of nitrogens with zero attached hydrogens (tertiary/aromatic N) is 4. The van der Waals surface area contributed by atoms with E-state index in [1.807, 2.05) is 0 Å². The summed E-state index contributed by atoms with van der Waals surface area (Å²) in [5.74, 6) is -1.42. The van der Waals surface area contributed by atoms with E-state index in [9.17, 15) is 4.79 Å². The van der Waals surface area contributed by atoms with Crippen molar-refractivity contribution in [1.82, 2.24) is 20.2 Å². The van der Waals surface area contributed by atoms with Gasteiger partial charge in [0, 0.05) is 0 Å². The minimum absolute atomic E-state index is 0.262. The molecule has 6 heteroatoms. The molecule has 0 fully saturated rings. The van der Waals surface area contributed by atoms with Gasteiger partial charge in [0.05, 0.1) is 6.54 Å². The number of hydrogen-bond donors (Lipinski definition) is 1. The Morgan fingerprint density at radius 3 is 2.80 bits per heavy atom. The van der Waals surface area contributed by atoms with E-state index in [0.29, 0.717) is 6.54 Å². The van der Waals surface area contributed by atoms with Gasteiger partial charge in [-0.2, -0.15) is 4.80 Å². The zero-order valence-corrected chi connectivity index (χ0v) is 5.35. The zero-order chi connectivity index (χ0) is 7.56. The van der Waals surface area contributed by atoms with Gasteiger partial charge in [-0.05, 0) is 12.1 Å². The Morgan fingerprint density at radius 2 is 2.50 bits per heavy atom. The van der Waals surface area contributed by atoms with Crippen LogP contribution in [0.5, 0.6) is 0 Å². The summed E-state index contributed by atoms with van der Waals surface area (Å²) in [6, 6.07) is 0. The standard InChI is InChI=1S/C4H6N4O2/c1-2-8-6-3(4(9)10)5-7-8/h2H2,1H3,(H,9,10). The molecule has 0 spiro atoms. The van der Waals surface area contributed by atoms with E-state index in [2.05, 4.69) is 15.4 Å². The van der Waals surface area contributed by atoms with E-state index < -0.39 is 5.97 Å². The van der Waals surface area contributed by atoms with Crippen molar-refractivity contribution in [2.75, 3.05) is 0 Å². The summed E-state index contributed by atoms with van der Waals surface area (Å²) < 4.78 is 0. The number of aryl methyl sites for hydroxylation is 1. The SMILES string of the molecule is CCn1nnc(C(=O)O)n1. The molecule has 0 saturated heterocycles. The first-order chi connectivity index (χ1) is 4.74. The molecule has 0 aromatic carbocycles. The number of rotatable bonds is 2. The van der Waals surface area contributed by atoms with E-state index >= 15 is 0 Å². The van der Waals surface area contributed by atoms with Crippen LogP contribution < -0.4 is 0 Å². The van der Waals surface area contributed by atoms with Gasteiger partial charge in [0.15, 0.2) is 0 Å². The first-order valence-electron chi connectivity index (χ1n) is 2.75. The molecule has 0 aliphatic rings. The molecule has 1 N–H and O–H groups in total. The summed E-state index contributed by atoms with van der Waals surface area (Å²) >= 11 is 0. The fourth-order valence-electron chi connectivity index (χ4n) is 0.463. The predicted octanol–water partition coefficient (Wildman–Crippen LogP) is -0.609. The largest absolute Gasteiger partial charge is 0.475 e. The smallest absolute Gasteiger partial charge is 0.377 e. The Hall–Kier alpha value is -1.46. The number of carboxylic acid groups (broad SMARTS) is 1. The number of tetrazole rings is 1. The molecule has 54 valence electrons. The van der Waals surface area contributed by atoms with Crippen molar-refractivity contribution < 1.29 is 9.90 Å². The van der Waals surface area contributed by atoms with E-state index in [0.717, 1.165) is 0 Å². The fraction of sp³-hybridized carbons (Fsp3) is 0.500. The van der Waals surface area contributed by atoms with Crippen molar-refractivity contribution >= 4 is 5.97 Å². The van der Waals surface area contributed by atoms with Crippen LogP contribution in [-0.2, 0) is 6.54 Å². The third-order valence-corrected chi connectivity index (χ3v) is 0.927. The van der Waals surface area contributed by atoms with E-state index in [1.165, 1.54) is 4.80 Å². The molecule has 0 unspecified atom stereocenters. The van der Waals surface area contributed by atoms with Gasteiger partial charge in [0.1, 0.15) is 0 Å². The van der Waals surface area contributed by atoms with Crippen LogP contribution in [0.2, 0.25) is 0 Å². The lowest BCUT2D eigenvalue weighted by Gasteiger charge is -1.84. The molecular formula is C4H6N4O2. The maximum absolute atomic E-state index is 10.2. The topological polar surface area (TPSA) is 80.9 Å². The normalized spacial score (nSPS) is 9.70. The molecule has 10 heavy (non-hydrogen) atoms. The summed E-state index contributed by atoms with van der Waals surface area (Å²) in [6.45, 7) is 2.33. The van der Waals surface area contributed by atoms with Crippen molar-refractivity contribution in [3.05, 3.63) is 5.82 Å². The van der Waals surface area contributed by atoms with Crippen LogP contribution in [0.4, 0.5) is 0 Å². The third-order valence-electron chi connectivity index (χ3n) is 0.927. The molecule has 1 aromatic heterocycles. The van der Waals surface area contributed by atoms with Gasteiger partial charge in [-0.3, -0.25) is 0 Å². The second-order valence-electron chi connectivity index (χ2n) is 1.61. The maximum Gasteiger partial charge on any atom is 0.377 e. The lowest BCUT2D eigenvalue weighted by molar-refractivity contribution is 0.0683. The molecule has 0 aliphatic carbocycles. The van der Waals surface area contributed by atoms with Crippen molar-refractivity contribution in [1.29, 1.82) is 0 Å². The Labute approximate surface area is 56.5 Å². The highest BCUT2D eigenvalue weighted by atomic mass is 16.4. The number of carboxylic acids is 1. The average Bonchev–Trinajstić information content (AvgIpc) is 2.34. The lowest BCUT2D eigenvalue weighted by Crippen LogP contribution is -2.02. The van der Waals surface area contributed by atoms with Crippen LogP contribution >= 0.6 is 0 Å². The van der Waals surface area contributed by atoms with Gasteiger partial charge < -0.3 is 5.11 Å². The second-order valence-corrected chi connectivity index (χ2v) is 1.61. The molecule has 0 atom stereocenters. The van der Waals surface area contributed by atoms with Crippen LogP contribution in [0.25, 0.3) is 0 Å². The minimum Gasteiger partial charge on any atom is -0.475 e. The van der Waals surface area contributed by atoms with Crippen LogP contribution in [0.15, 0.2) is 0 Å². The van der Waals surface area contributed by atoms with Gasteiger partial charge >= 0.3 is 5.97 Å². The number of carbonyl (C=O) groups is 1. The summed E-state index contributed by atoms with van der Waals surface area (Å²) in [7, 11) is 0. The van der Waals surface area contributed by atoms with E-state index in [-0.39, 0.29) is 5.82 Å². The van der Waals surface area contributed by atoms with E-state index in [4.69, 9.17) is 5.11 Å². The van der Waals surface area contributed by atoms with Gasteiger partial charge in [-0.1, -0.05) is 0 Å². The van der Waals surface area contributed by atoms with Gasteiger partial charge in [0.25, 0.3) is 5.82 Å². The lowest BCUT2D eigenvalue weighted by atomic mass is 10.7. The quantitative estimate of drug-likeness (QED) is 0.595. The fourth-order valence-corrected chi connectivity index (χ4v) is 0.463. The predicted molar refractivity (Wildman–Crippen MR) is 30.5 cm³/mol. The van der Waals surface area contributed by atoms with Gasteiger partial charge in [-0.25, -0.2) is 4.79 Å². The Balaban J connectivity index is 2.88.